The fourth-order valence-electron chi connectivity index (χ4n) is 1.90. The third kappa shape index (κ3) is 5.85. The summed E-state index contributed by atoms with van der Waals surface area (Å²) < 4.78 is 0. The minimum Gasteiger partial charge on any atom is -0.326 e. The number of hydrogen-bond donors (Lipinski definition) is 1. The van der Waals surface area contributed by atoms with E-state index in [1.165, 1.54) is 0 Å². The van der Waals surface area contributed by atoms with E-state index in [-0.39, 0.29) is 5.91 Å². The van der Waals surface area contributed by atoms with Crippen LogP contribution in [-0.2, 0) is 4.79 Å². The maximum atomic E-state index is 11.8. The van der Waals surface area contributed by atoms with Crippen molar-refractivity contribution in [3.8, 4) is 6.07 Å². The summed E-state index contributed by atoms with van der Waals surface area (Å²) in [6.07, 6.45) is 1.63. The van der Waals surface area contributed by atoms with Crippen molar-refractivity contribution >= 4 is 11.6 Å². The molecule has 1 atom stereocenters. The van der Waals surface area contributed by atoms with Gasteiger partial charge in [0.25, 0.3) is 0 Å². The Morgan fingerprint density at radius 2 is 2.05 bits per heavy atom. The van der Waals surface area contributed by atoms with Crippen molar-refractivity contribution < 1.29 is 4.79 Å². The van der Waals surface area contributed by atoms with E-state index < -0.39 is 0 Å². The number of benzene rings is 1. The molecule has 0 aliphatic rings. The molecule has 4 nitrogen and oxygen atoms in total. The van der Waals surface area contributed by atoms with Crippen molar-refractivity contribution in [2.75, 3.05) is 25.5 Å². The number of rotatable bonds is 7. The lowest BCUT2D eigenvalue weighted by Crippen LogP contribution is -2.28. The van der Waals surface area contributed by atoms with E-state index >= 15 is 0 Å². The zero-order valence-corrected chi connectivity index (χ0v) is 12.5. The van der Waals surface area contributed by atoms with Gasteiger partial charge in [-0.15, -0.1) is 0 Å². The molecule has 0 aromatic heterocycles. The van der Waals surface area contributed by atoms with Gasteiger partial charge in [0, 0.05) is 25.2 Å². The van der Waals surface area contributed by atoms with Crippen molar-refractivity contribution in [3.05, 3.63) is 29.8 Å². The van der Waals surface area contributed by atoms with Gasteiger partial charge in [0.2, 0.25) is 5.91 Å². The van der Waals surface area contributed by atoms with Crippen molar-refractivity contribution in [1.29, 1.82) is 5.26 Å². The lowest BCUT2D eigenvalue weighted by molar-refractivity contribution is -0.116. The summed E-state index contributed by atoms with van der Waals surface area (Å²) >= 11 is 0. The third-order valence-electron chi connectivity index (χ3n) is 3.34. The molecular formula is C16H23N3O. The smallest absolute Gasteiger partial charge is 0.225 e. The predicted octanol–water partition coefficient (Wildman–Crippen LogP) is 2.86. The Kier molecular flexibility index (Phi) is 6.75. The second-order valence-electron chi connectivity index (χ2n) is 5.26. The SMILES string of the molecule is CCC(C)CN(C)CCC(=O)Nc1ccc(C#N)cc1. The normalized spacial score (nSPS) is 11.9. The molecule has 0 aliphatic heterocycles. The summed E-state index contributed by atoms with van der Waals surface area (Å²) in [7, 11) is 2.04. The van der Waals surface area contributed by atoms with Gasteiger partial charge >= 0.3 is 0 Å². The summed E-state index contributed by atoms with van der Waals surface area (Å²) in [6.45, 7) is 6.16. The zero-order chi connectivity index (χ0) is 15.0. The van der Waals surface area contributed by atoms with Gasteiger partial charge in [0.1, 0.15) is 0 Å². The molecule has 1 rings (SSSR count). The average Bonchev–Trinajstić information content (AvgIpc) is 2.45. The van der Waals surface area contributed by atoms with E-state index in [0.717, 1.165) is 25.2 Å². The molecule has 1 aromatic rings. The van der Waals surface area contributed by atoms with Gasteiger partial charge in [-0.05, 0) is 37.2 Å². The number of nitrogens with one attached hydrogen (secondary N) is 1. The molecule has 0 radical (unpaired) electrons. The number of amides is 1. The maximum Gasteiger partial charge on any atom is 0.225 e. The Labute approximate surface area is 121 Å². The monoisotopic (exact) mass is 273 g/mol. The lowest BCUT2D eigenvalue weighted by Gasteiger charge is -2.20. The largest absolute Gasteiger partial charge is 0.326 e. The molecule has 0 aliphatic carbocycles. The van der Waals surface area contributed by atoms with Crippen LogP contribution >= 0.6 is 0 Å². The molecule has 1 unspecified atom stereocenters. The van der Waals surface area contributed by atoms with Crippen molar-refractivity contribution in [3.63, 3.8) is 0 Å². The van der Waals surface area contributed by atoms with Crippen LogP contribution in [0.5, 0.6) is 0 Å². The minimum atomic E-state index is 0.00529. The second-order valence-corrected chi connectivity index (χ2v) is 5.26. The third-order valence-corrected chi connectivity index (χ3v) is 3.34. The number of anilines is 1. The van der Waals surface area contributed by atoms with Crippen LogP contribution in [0.15, 0.2) is 24.3 Å². The second kappa shape index (κ2) is 8.34. The first kappa shape index (κ1) is 16.2. The summed E-state index contributed by atoms with van der Waals surface area (Å²) in [4.78, 5) is 14.0. The van der Waals surface area contributed by atoms with Crippen LogP contribution in [0.4, 0.5) is 5.69 Å². The summed E-state index contributed by atoms with van der Waals surface area (Å²) in [5.41, 5.74) is 1.33. The highest BCUT2D eigenvalue weighted by Crippen LogP contribution is 2.09. The van der Waals surface area contributed by atoms with E-state index in [0.29, 0.717) is 17.9 Å². The molecule has 108 valence electrons. The van der Waals surface area contributed by atoms with Gasteiger partial charge in [-0.1, -0.05) is 20.3 Å². The van der Waals surface area contributed by atoms with Crippen LogP contribution in [0.2, 0.25) is 0 Å². The quantitative estimate of drug-likeness (QED) is 0.831. The van der Waals surface area contributed by atoms with Crippen molar-refractivity contribution in [2.45, 2.75) is 26.7 Å². The fraction of sp³-hybridized carbons (Fsp3) is 0.500. The highest BCUT2D eigenvalue weighted by Gasteiger charge is 2.07. The number of hydrogen-bond acceptors (Lipinski definition) is 3. The number of carbonyl (C=O) groups excluding carboxylic acids is 1. The van der Waals surface area contributed by atoms with Gasteiger partial charge in [-0.25, -0.2) is 0 Å². The van der Waals surface area contributed by atoms with Crippen LogP contribution < -0.4 is 5.32 Å². The van der Waals surface area contributed by atoms with Crippen LogP contribution in [0.25, 0.3) is 0 Å². The fourth-order valence-corrected chi connectivity index (χ4v) is 1.90. The first-order valence-corrected chi connectivity index (χ1v) is 7.03. The molecule has 20 heavy (non-hydrogen) atoms. The molecule has 4 heteroatoms. The van der Waals surface area contributed by atoms with Crippen molar-refractivity contribution in [1.82, 2.24) is 4.90 Å². The van der Waals surface area contributed by atoms with E-state index in [4.69, 9.17) is 5.26 Å². The molecule has 0 spiro atoms. The molecule has 1 N–H and O–H groups in total. The van der Waals surface area contributed by atoms with Gasteiger partial charge < -0.3 is 10.2 Å². The molecule has 0 saturated carbocycles. The number of carbonyl (C=O) groups is 1. The predicted molar refractivity (Wildman–Crippen MR) is 81.4 cm³/mol. The topological polar surface area (TPSA) is 56.1 Å². The van der Waals surface area contributed by atoms with Gasteiger partial charge in [0.15, 0.2) is 0 Å². The van der Waals surface area contributed by atoms with Gasteiger partial charge in [-0.3, -0.25) is 4.79 Å². The first-order chi connectivity index (χ1) is 9.55. The summed E-state index contributed by atoms with van der Waals surface area (Å²) in [6, 6.07) is 8.95. The van der Waals surface area contributed by atoms with Crippen LogP contribution in [0.3, 0.4) is 0 Å². The van der Waals surface area contributed by atoms with Crippen LogP contribution in [0, 0.1) is 17.2 Å². The van der Waals surface area contributed by atoms with Gasteiger partial charge in [0.05, 0.1) is 11.6 Å². The Hall–Kier alpha value is -1.86. The first-order valence-electron chi connectivity index (χ1n) is 7.03. The van der Waals surface area contributed by atoms with Crippen LogP contribution in [-0.4, -0.2) is 30.9 Å². The zero-order valence-electron chi connectivity index (χ0n) is 12.5. The summed E-state index contributed by atoms with van der Waals surface area (Å²) in [5, 5.41) is 11.5. The molecule has 1 aromatic carbocycles. The van der Waals surface area contributed by atoms with Crippen molar-refractivity contribution in [2.24, 2.45) is 5.92 Å². The molecule has 0 bridgehead atoms. The molecule has 1 amide bonds. The van der Waals surface area contributed by atoms with Gasteiger partial charge in [-0.2, -0.15) is 5.26 Å². The van der Waals surface area contributed by atoms with E-state index in [1.54, 1.807) is 24.3 Å². The Morgan fingerprint density at radius 3 is 2.60 bits per heavy atom. The Bertz CT molecular complexity index is 462. The number of nitriles is 1. The minimum absolute atomic E-state index is 0.00529. The standard InChI is InChI=1S/C16H23N3O/c1-4-13(2)12-19(3)10-9-16(20)18-15-7-5-14(11-17)6-8-15/h5-8,13H,4,9-10,12H2,1-3H3,(H,18,20). The summed E-state index contributed by atoms with van der Waals surface area (Å²) in [5.74, 6) is 0.660. The highest BCUT2D eigenvalue weighted by molar-refractivity contribution is 5.90. The maximum absolute atomic E-state index is 11.8. The van der Waals surface area contributed by atoms with E-state index in [2.05, 4.69) is 30.1 Å². The van der Waals surface area contributed by atoms with Crippen LogP contribution in [0.1, 0.15) is 32.3 Å². The molecule has 0 saturated heterocycles. The van der Waals surface area contributed by atoms with E-state index in [9.17, 15) is 4.79 Å². The molecule has 0 fully saturated rings. The highest BCUT2D eigenvalue weighted by atomic mass is 16.1. The molecule has 0 heterocycles. The lowest BCUT2D eigenvalue weighted by atomic mass is 10.1. The number of nitrogens with zero attached hydrogens (tertiary/aromatic N) is 2. The molecular weight excluding hydrogens is 250 g/mol. The Morgan fingerprint density at radius 1 is 1.40 bits per heavy atom. The van der Waals surface area contributed by atoms with E-state index in [1.807, 2.05) is 7.05 Å². The average molecular weight is 273 g/mol. The Balaban J connectivity index is 2.34.